The van der Waals surface area contributed by atoms with E-state index in [0.717, 1.165) is 19.5 Å². The fraction of sp³-hybridized carbons (Fsp3) is 0.786. The Hall–Kier alpha value is -1.14. The van der Waals surface area contributed by atoms with E-state index in [1.807, 2.05) is 0 Å². The Bertz CT molecular complexity index is 494. The second-order valence-corrected chi connectivity index (χ2v) is 6.04. The summed E-state index contributed by atoms with van der Waals surface area (Å²) in [6.45, 7) is 7.44. The molecule has 0 saturated carbocycles. The van der Waals surface area contributed by atoms with Gasteiger partial charge < -0.3 is 14.5 Å². The molecule has 2 aliphatic rings. The van der Waals surface area contributed by atoms with Crippen molar-refractivity contribution >= 4 is 23.5 Å². The third kappa shape index (κ3) is 3.06. The molecule has 1 aromatic rings. The highest BCUT2D eigenvalue weighted by molar-refractivity contribution is 6.28. The van der Waals surface area contributed by atoms with Crippen molar-refractivity contribution in [3.8, 4) is 0 Å². The van der Waals surface area contributed by atoms with Crippen molar-refractivity contribution in [2.24, 2.45) is 0 Å². The van der Waals surface area contributed by atoms with Gasteiger partial charge in [0, 0.05) is 25.2 Å². The van der Waals surface area contributed by atoms with Crippen LogP contribution in [0.1, 0.15) is 33.1 Å². The lowest BCUT2D eigenvalue weighted by atomic mass is 10.2. The lowest BCUT2D eigenvalue weighted by Crippen LogP contribution is -2.39. The third-order valence-corrected chi connectivity index (χ3v) is 4.54. The number of ether oxygens (including phenoxy) is 1. The van der Waals surface area contributed by atoms with Crippen LogP contribution in [-0.4, -0.2) is 53.3 Å². The summed E-state index contributed by atoms with van der Waals surface area (Å²) in [6, 6.07) is 0.946. The van der Waals surface area contributed by atoms with Crippen LogP contribution in [0.5, 0.6) is 0 Å². The minimum atomic E-state index is 0.274. The fourth-order valence-corrected chi connectivity index (χ4v) is 3.33. The van der Waals surface area contributed by atoms with Crippen LogP contribution in [0.2, 0.25) is 5.28 Å². The Labute approximate surface area is 130 Å². The van der Waals surface area contributed by atoms with E-state index >= 15 is 0 Å². The summed E-state index contributed by atoms with van der Waals surface area (Å²) in [5.74, 6) is 1.38. The van der Waals surface area contributed by atoms with Gasteiger partial charge in [-0.1, -0.05) is 6.92 Å². The van der Waals surface area contributed by atoms with Gasteiger partial charge >= 0.3 is 0 Å². The predicted molar refractivity (Wildman–Crippen MR) is 83.1 cm³/mol. The summed E-state index contributed by atoms with van der Waals surface area (Å²) < 4.78 is 5.38. The fourth-order valence-electron chi connectivity index (χ4n) is 3.18. The van der Waals surface area contributed by atoms with Gasteiger partial charge in [0.2, 0.25) is 17.2 Å². The van der Waals surface area contributed by atoms with Gasteiger partial charge in [-0.3, -0.25) is 0 Å². The Balaban J connectivity index is 1.89. The summed E-state index contributed by atoms with van der Waals surface area (Å²) in [5, 5.41) is 0.274. The van der Waals surface area contributed by atoms with Gasteiger partial charge in [0.25, 0.3) is 0 Å². The zero-order valence-corrected chi connectivity index (χ0v) is 13.4. The molecule has 2 unspecified atom stereocenters. The van der Waals surface area contributed by atoms with Crippen molar-refractivity contribution in [1.29, 1.82) is 0 Å². The molecule has 2 saturated heterocycles. The van der Waals surface area contributed by atoms with Crippen molar-refractivity contribution in [1.82, 2.24) is 15.0 Å². The van der Waals surface area contributed by atoms with Crippen LogP contribution < -0.4 is 9.80 Å². The molecule has 0 aliphatic carbocycles. The van der Waals surface area contributed by atoms with Gasteiger partial charge in [-0.15, -0.1) is 0 Å². The van der Waals surface area contributed by atoms with Crippen LogP contribution in [0.25, 0.3) is 0 Å². The van der Waals surface area contributed by atoms with Crippen molar-refractivity contribution in [3.63, 3.8) is 0 Å². The maximum absolute atomic E-state index is 6.14. The molecular formula is C14H22ClN5O. The Morgan fingerprint density at radius 2 is 1.86 bits per heavy atom. The van der Waals surface area contributed by atoms with Gasteiger partial charge in [0.1, 0.15) is 0 Å². The first kappa shape index (κ1) is 14.8. The smallest absolute Gasteiger partial charge is 0.231 e. The van der Waals surface area contributed by atoms with Gasteiger partial charge in [-0.2, -0.15) is 15.0 Å². The molecule has 3 heterocycles. The van der Waals surface area contributed by atoms with Gasteiger partial charge in [0.05, 0.1) is 13.2 Å². The van der Waals surface area contributed by atoms with E-state index in [-0.39, 0.29) is 5.28 Å². The molecular weight excluding hydrogens is 290 g/mol. The van der Waals surface area contributed by atoms with Gasteiger partial charge in [0.15, 0.2) is 0 Å². The number of rotatable bonds is 3. The molecule has 0 N–H and O–H groups in total. The molecule has 0 spiro atoms. The molecule has 21 heavy (non-hydrogen) atoms. The maximum Gasteiger partial charge on any atom is 0.231 e. The van der Waals surface area contributed by atoms with Crippen LogP contribution >= 0.6 is 11.6 Å². The Morgan fingerprint density at radius 3 is 2.57 bits per heavy atom. The monoisotopic (exact) mass is 311 g/mol. The van der Waals surface area contributed by atoms with E-state index in [0.29, 0.717) is 37.2 Å². The minimum absolute atomic E-state index is 0.274. The van der Waals surface area contributed by atoms with E-state index in [2.05, 4.69) is 38.6 Å². The summed E-state index contributed by atoms with van der Waals surface area (Å²) in [5.41, 5.74) is 0. The second-order valence-electron chi connectivity index (χ2n) is 5.70. The number of hydrogen-bond acceptors (Lipinski definition) is 6. The zero-order chi connectivity index (χ0) is 14.8. The number of halogens is 1. The number of nitrogens with zero attached hydrogens (tertiary/aromatic N) is 5. The normalized spacial score (nSPS) is 26.4. The number of morpholine rings is 1. The number of anilines is 2. The van der Waals surface area contributed by atoms with Gasteiger partial charge in [-0.25, -0.2) is 0 Å². The summed E-state index contributed by atoms with van der Waals surface area (Å²) in [4.78, 5) is 17.8. The van der Waals surface area contributed by atoms with E-state index < -0.39 is 0 Å². The van der Waals surface area contributed by atoms with Crippen LogP contribution in [0.3, 0.4) is 0 Å². The molecule has 0 amide bonds. The van der Waals surface area contributed by atoms with Crippen molar-refractivity contribution in [2.45, 2.75) is 45.2 Å². The third-order valence-electron chi connectivity index (χ3n) is 4.37. The Morgan fingerprint density at radius 1 is 1.14 bits per heavy atom. The van der Waals surface area contributed by atoms with Crippen LogP contribution in [0, 0.1) is 0 Å². The molecule has 2 atom stereocenters. The maximum atomic E-state index is 6.14. The molecule has 0 aromatic carbocycles. The average Bonchev–Trinajstić information content (AvgIpc) is 2.88. The molecule has 7 heteroatoms. The largest absolute Gasteiger partial charge is 0.378 e. The molecule has 6 nitrogen and oxygen atoms in total. The molecule has 1 aromatic heterocycles. The highest BCUT2D eigenvalue weighted by Crippen LogP contribution is 2.31. The van der Waals surface area contributed by atoms with E-state index in [1.54, 1.807) is 0 Å². The zero-order valence-electron chi connectivity index (χ0n) is 12.6. The lowest BCUT2D eigenvalue weighted by molar-refractivity contribution is 0.122. The van der Waals surface area contributed by atoms with Crippen molar-refractivity contribution < 1.29 is 4.74 Å². The molecule has 116 valence electrons. The Kier molecular flexibility index (Phi) is 4.45. The molecule has 0 radical (unpaired) electrons. The topological polar surface area (TPSA) is 54.4 Å². The quantitative estimate of drug-likeness (QED) is 0.852. The van der Waals surface area contributed by atoms with Crippen molar-refractivity contribution in [3.05, 3.63) is 5.28 Å². The van der Waals surface area contributed by atoms with Crippen molar-refractivity contribution in [2.75, 3.05) is 36.1 Å². The van der Waals surface area contributed by atoms with Crippen LogP contribution in [0.4, 0.5) is 11.9 Å². The van der Waals surface area contributed by atoms with E-state index in [1.165, 1.54) is 12.8 Å². The first-order valence-electron chi connectivity index (χ1n) is 7.71. The van der Waals surface area contributed by atoms with E-state index in [9.17, 15) is 0 Å². The molecule has 2 fully saturated rings. The predicted octanol–water partition coefficient (Wildman–Crippen LogP) is 2.13. The lowest BCUT2D eigenvalue weighted by Gasteiger charge is -2.30. The first-order valence-corrected chi connectivity index (χ1v) is 8.09. The summed E-state index contributed by atoms with van der Waals surface area (Å²) in [6.07, 6.45) is 3.46. The average molecular weight is 312 g/mol. The van der Waals surface area contributed by atoms with Gasteiger partial charge in [-0.05, 0) is 37.8 Å². The number of aromatic nitrogens is 3. The molecule has 3 rings (SSSR count). The highest BCUT2D eigenvalue weighted by atomic mass is 35.5. The standard InChI is InChI=1S/C14H22ClN5O/c1-3-11-5-4-10(2)20(11)14-17-12(15)16-13(18-14)19-6-8-21-9-7-19/h10-11H,3-9H2,1-2H3. The minimum Gasteiger partial charge on any atom is -0.378 e. The van der Waals surface area contributed by atoms with Crippen LogP contribution in [0.15, 0.2) is 0 Å². The van der Waals surface area contributed by atoms with E-state index in [4.69, 9.17) is 16.3 Å². The number of hydrogen-bond donors (Lipinski definition) is 0. The SMILES string of the molecule is CCC1CCC(C)N1c1nc(Cl)nc(N2CCOCC2)n1. The first-order chi connectivity index (χ1) is 10.2. The summed E-state index contributed by atoms with van der Waals surface area (Å²) in [7, 11) is 0. The van der Waals surface area contributed by atoms with Crippen LogP contribution in [-0.2, 0) is 4.74 Å². The summed E-state index contributed by atoms with van der Waals surface area (Å²) >= 11 is 6.14. The molecule has 2 aliphatic heterocycles. The molecule has 0 bridgehead atoms. The second kappa shape index (κ2) is 6.32. The highest BCUT2D eigenvalue weighted by Gasteiger charge is 2.32.